The van der Waals surface area contributed by atoms with Crippen molar-refractivity contribution in [3.8, 4) is 5.88 Å². The first-order chi connectivity index (χ1) is 11.7. The van der Waals surface area contributed by atoms with Gasteiger partial charge in [-0.1, -0.05) is 0 Å². The third-order valence-corrected chi connectivity index (χ3v) is 4.06. The SMILES string of the molecule is CC1CN(C(=O)OC(C)(C)C)CCN1c1cc2c(O)ncnc2cn1. The number of rotatable bonds is 1. The molecule has 1 aliphatic heterocycles. The van der Waals surface area contributed by atoms with Gasteiger partial charge in [-0.25, -0.2) is 19.7 Å². The number of piperazine rings is 1. The van der Waals surface area contributed by atoms with Crippen molar-refractivity contribution >= 4 is 22.8 Å². The van der Waals surface area contributed by atoms with Crippen LogP contribution in [0.3, 0.4) is 0 Å². The van der Waals surface area contributed by atoms with Crippen molar-refractivity contribution in [1.82, 2.24) is 19.9 Å². The van der Waals surface area contributed by atoms with Gasteiger partial charge in [-0.3, -0.25) is 0 Å². The molecule has 1 amide bonds. The van der Waals surface area contributed by atoms with Crippen LogP contribution in [0, 0.1) is 0 Å². The number of amides is 1. The molecule has 8 heteroatoms. The third-order valence-electron chi connectivity index (χ3n) is 4.06. The van der Waals surface area contributed by atoms with E-state index < -0.39 is 5.60 Å². The summed E-state index contributed by atoms with van der Waals surface area (Å²) in [6.07, 6.45) is 2.64. The van der Waals surface area contributed by atoms with Gasteiger partial charge in [-0.2, -0.15) is 0 Å². The minimum Gasteiger partial charge on any atom is -0.493 e. The number of ether oxygens (including phenoxy) is 1. The first kappa shape index (κ1) is 17.2. The lowest BCUT2D eigenvalue weighted by molar-refractivity contribution is 0.0218. The topological polar surface area (TPSA) is 91.7 Å². The van der Waals surface area contributed by atoms with E-state index in [0.29, 0.717) is 30.5 Å². The predicted molar refractivity (Wildman–Crippen MR) is 93.6 cm³/mol. The molecule has 1 N–H and O–H groups in total. The number of aromatic nitrogens is 3. The van der Waals surface area contributed by atoms with Gasteiger partial charge in [0.2, 0.25) is 5.88 Å². The second kappa shape index (κ2) is 6.34. The summed E-state index contributed by atoms with van der Waals surface area (Å²) in [5.41, 5.74) is 0.0887. The van der Waals surface area contributed by atoms with E-state index >= 15 is 0 Å². The Morgan fingerprint density at radius 2 is 2.04 bits per heavy atom. The van der Waals surface area contributed by atoms with Crippen molar-refractivity contribution in [1.29, 1.82) is 0 Å². The maximum atomic E-state index is 12.2. The summed E-state index contributed by atoms with van der Waals surface area (Å²) in [5.74, 6) is 0.669. The smallest absolute Gasteiger partial charge is 0.410 e. The molecule has 1 unspecified atom stereocenters. The average Bonchev–Trinajstić information content (AvgIpc) is 2.53. The number of carbonyl (C=O) groups is 1. The molecule has 0 bridgehead atoms. The molecule has 0 saturated carbocycles. The van der Waals surface area contributed by atoms with Crippen LogP contribution in [-0.2, 0) is 4.74 Å². The summed E-state index contributed by atoms with van der Waals surface area (Å²) in [6, 6.07) is 1.85. The summed E-state index contributed by atoms with van der Waals surface area (Å²) >= 11 is 0. The van der Waals surface area contributed by atoms with Gasteiger partial charge in [0, 0.05) is 25.7 Å². The summed E-state index contributed by atoms with van der Waals surface area (Å²) in [4.78, 5) is 28.4. The summed E-state index contributed by atoms with van der Waals surface area (Å²) in [6.45, 7) is 9.34. The monoisotopic (exact) mass is 345 g/mol. The zero-order valence-electron chi connectivity index (χ0n) is 14.9. The number of anilines is 1. The number of hydrogen-bond donors (Lipinski definition) is 1. The molecule has 1 atom stereocenters. The van der Waals surface area contributed by atoms with E-state index in [0.717, 1.165) is 5.82 Å². The molecule has 1 saturated heterocycles. The van der Waals surface area contributed by atoms with Crippen molar-refractivity contribution < 1.29 is 14.6 Å². The molecule has 2 aromatic rings. The molecule has 2 aromatic heterocycles. The van der Waals surface area contributed by atoms with Gasteiger partial charge in [0.05, 0.1) is 17.1 Å². The van der Waals surface area contributed by atoms with Gasteiger partial charge >= 0.3 is 6.09 Å². The van der Waals surface area contributed by atoms with E-state index in [2.05, 4.69) is 19.9 Å². The number of fused-ring (bicyclic) bond motifs is 1. The minimum atomic E-state index is -0.505. The second-order valence-electron chi connectivity index (χ2n) is 7.23. The van der Waals surface area contributed by atoms with Gasteiger partial charge < -0.3 is 19.6 Å². The van der Waals surface area contributed by atoms with Crippen LogP contribution >= 0.6 is 0 Å². The molecule has 1 aliphatic rings. The Labute approximate surface area is 146 Å². The Balaban J connectivity index is 1.75. The second-order valence-corrected chi connectivity index (χ2v) is 7.23. The van der Waals surface area contributed by atoms with Crippen molar-refractivity contribution in [2.24, 2.45) is 0 Å². The Morgan fingerprint density at radius 1 is 1.28 bits per heavy atom. The maximum Gasteiger partial charge on any atom is 0.410 e. The Bertz CT molecular complexity index is 789. The van der Waals surface area contributed by atoms with Crippen LogP contribution in [0.1, 0.15) is 27.7 Å². The first-order valence-electron chi connectivity index (χ1n) is 8.29. The molecule has 134 valence electrons. The quantitative estimate of drug-likeness (QED) is 0.847. The van der Waals surface area contributed by atoms with Crippen LogP contribution < -0.4 is 4.90 Å². The minimum absolute atomic E-state index is 0.0614. The molecule has 0 spiro atoms. The number of carbonyl (C=O) groups excluding carboxylic acids is 1. The van der Waals surface area contributed by atoms with Gasteiger partial charge in [-0.15, -0.1) is 0 Å². The summed E-state index contributed by atoms with van der Waals surface area (Å²) in [5, 5.41) is 10.5. The highest BCUT2D eigenvalue weighted by atomic mass is 16.6. The van der Waals surface area contributed by atoms with E-state index in [1.807, 2.05) is 27.7 Å². The highest BCUT2D eigenvalue weighted by Gasteiger charge is 2.30. The van der Waals surface area contributed by atoms with Crippen LogP contribution in [0.2, 0.25) is 0 Å². The van der Waals surface area contributed by atoms with Crippen molar-refractivity contribution in [2.45, 2.75) is 39.3 Å². The van der Waals surface area contributed by atoms with Crippen LogP contribution in [0.5, 0.6) is 5.88 Å². The fourth-order valence-corrected chi connectivity index (χ4v) is 2.88. The zero-order chi connectivity index (χ0) is 18.2. The van der Waals surface area contributed by atoms with Crippen LogP contribution in [-0.4, -0.2) is 62.3 Å². The predicted octanol–water partition coefficient (Wildman–Crippen LogP) is 2.18. The summed E-state index contributed by atoms with van der Waals surface area (Å²) < 4.78 is 5.44. The highest BCUT2D eigenvalue weighted by Crippen LogP contribution is 2.26. The largest absolute Gasteiger partial charge is 0.493 e. The van der Waals surface area contributed by atoms with Crippen LogP contribution in [0.25, 0.3) is 10.9 Å². The van der Waals surface area contributed by atoms with Crippen molar-refractivity contribution in [2.75, 3.05) is 24.5 Å². The lowest BCUT2D eigenvalue weighted by atomic mass is 10.1. The summed E-state index contributed by atoms with van der Waals surface area (Å²) in [7, 11) is 0. The number of pyridine rings is 1. The van der Waals surface area contributed by atoms with Crippen molar-refractivity contribution in [3.63, 3.8) is 0 Å². The van der Waals surface area contributed by atoms with E-state index in [1.54, 1.807) is 17.2 Å². The fraction of sp³-hybridized carbons (Fsp3) is 0.529. The van der Waals surface area contributed by atoms with Gasteiger partial charge in [-0.05, 0) is 33.8 Å². The third kappa shape index (κ3) is 3.72. The lowest BCUT2D eigenvalue weighted by Gasteiger charge is -2.40. The number of aromatic hydroxyl groups is 1. The van der Waals surface area contributed by atoms with E-state index in [4.69, 9.17) is 4.74 Å². The zero-order valence-corrected chi connectivity index (χ0v) is 14.9. The van der Waals surface area contributed by atoms with Crippen molar-refractivity contribution in [3.05, 3.63) is 18.6 Å². The number of hydrogen-bond acceptors (Lipinski definition) is 7. The molecule has 8 nitrogen and oxygen atoms in total. The molecular weight excluding hydrogens is 322 g/mol. The Hall–Kier alpha value is -2.64. The standard InChI is InChI=1S/C17H23N5O3/c1-11-9-21(16(24)25-17(2,3)4)5-6-22(11)14-7-12-13(8-18-14)19-10-20-15(12)23/h7-8,10-11H,5-6,9H2,1-4H3,(H,19,20,23). The normalized spacial score (nSPS) is 18.5. The fourth-order valence-electron chi connectivity index (χ4n) is 2.88. The highest BCUT2D eigenvalue weighted by molar-refractivity contribution is 5.84. The molecule has 3 heterocycles. The molecular formula is C17H23N5O3. The maximum absolute atomic E-state index is 12.2. The first-order valence-corrected chi connectivity index (χ1v) is 8.29. The average molecular weight is 345 g/mol. The number of nitrogens with zero attached hydrogens (tertiary/aromatic N) is 5. The van der Waals surface area contributed by atoms with E-state index in [-0.39, 0.29) is 18.0 Å². The van der Waals surface area contributed by atoms with E-state index in [9.17, 15) is 9.90 Å². The molecule has 0 aromatic carbocycles. The van der Waals surface area contributed by atoms with E-state index in [1.165, 1.54) is 6.33 Å². The van der Waals surface area contributed by atoms with Gasteiger partial charge in [0.25, 0.3) is 0 Å². The Kier molecular flexibility index (Phi) is 4.36. The molecule has 0 aliphatic carbocycles. The Morgan fingerprint density at radius 3 is 2.72 bits per heavy atom. The van der Waals surface area contributed by atoms with Crippen LogP contribution in [0.4, 0.5) is 10.6 Å². The van der Waals surface area contributed by atoms with Gasteiger partial charge in [0.15, 0.2) is 0 Å². The van der Waals surface area contributed by atoms with Crippen LogP contribution in [0.15, 0.2) is 18.6 Å². The molecule has 0 radical (unpaired) electrons. The molecule has 3 rings (SSSR count). The van der Waals surface area contributed by atoms with Gasteiger partial charge in [0.1, 0.15) is 17.7 Å². The molecule has 25 heavy (non-hydrogen) atoms. The molecule has 1 fully saturated rings. The lowest BCUT2D eigenvalue weighted by Crippen LogP contribution is -2.54.